The molecule has 2 aliphatic rings. The maximum absolute atomic E-state index is 13.3. The van der Waals surface area contributed by atoms with Gasteiger partial charge in [-0.05, 0) is 61.7 Å². The Bertz CT molecular complexity index is 1420. The molecular weight excluding hydrogens is 674 g/mol. The number of carbonyl (C=O) groups excluding carboxylic acids is 3. The molecule has 0 radical (unpaired) electrons. The van der Waals surface area contributed by atoms with E-state index in [1.807, 2.05) is 21.9 Å². The largest absolute Gasteiger partial charge is 0.399 e. The van der Waals surface area contributed by atoms with E-state index in [0.717, 1.165) is 44.6 Å². The quantitative estimate of drug-likeness (QED) is 0.230. The number of piperidine rings is 1. The first-order valence-electron chi connectivity index (χ1n) is 15.2. The first kappa shape index (κ1) is 36.2. The van der Waals surface area contributed by atoms with Crippen LogP contribution in [0.15, 0.2) is 41.6 Å². The summed E-state index contributed by atoms with van der Waals surface area (Å²) in [5, 5.41) is 6.01. The molecular formula is C32H40Cl4N6O4. The molecule has 0 bridgehead atoms. The van der Waals surface area contributed by atoms with Gasteiger partial charge >= 0.3 is 0 Å². The van der Waals surface area contributed by atoms with Crippen molar-refractivity contribution in [1.29, 1.82) is 0 Å². The highest BCUT2D eigenvalue weighted by Crippen LogP contribution is 2.31. The Morgan fingerprint density at radius 3 is 2.28 bits per heavy atom. The van der Waals surface area contributed by atoms with Crippen molar-refractivity contribution >= 4 is 69.8 Å². The Morgan fingerprint density at radius 1 is 0.978 bits per heavy atom. The summed E-state index contributed by atoms with van der Waals surface area (Å²) in [5.41, 5.74) is 7.21. The first-order valence-corrected chi connectivity index (χ1v) is 16.7. The number of likely N-dealkylation sites (tertiary alicyclic amines) is 1. The molecule has 2 saturated heterocycles. The van der Waals surface area contributed by atoms with Gasteiger partial charge in [-0.25, -0.2) is 0 Å². The molecule has 46 heavy (non-hydrogen) atoms. The number of primary amides is 1. The molecule has 0 aromatic heterocycles. The number of rotatable bonds is 13. The van der Waals surface area contributed by atoms with Crippen molar-refractivity contribution in [3.05, 3.63) is 67.6 Å². The van der Waals surface area contributed by atoms with E-state index in [9.17, 15) is 14.4 Å². The summed E-state index contributed by atoms with van der Waals surface area (Å²) < 4.78 is 0. The molecule has 0 spiro atoms. The van der Waals surface area contributed by atoms with E-state index in [0.29, 0.717) is 57.4 Å². The number of piperazine rings is 1. The van der Waals surface area contributed by atoms with Crippen LogP contribution in [0.25, 0.3) is 0 Å². The van der Waals surface area contributed by atoms with Crippen molar-refractivity contribution in [3.63, 3.8) is 0 Å². The predicted octanol–water partition coefficient (Wildman–Crippen LogP) is 5.03. The second-order valence-electron chi connectivity index (χ2n) is 11.8. The molecule has 10 nitrogen and oxygen atoms in total. The Kier molecular flexibility index (Phi) is 13.4. The fourth-order valence-electron chi connectivity index (χ4n) is 6.13. The highest BCUT2D eigenvalue weighted by atomic mass is 35.5. The molecule has 2 N–H and O–H groups in total. The summed E-state index contributed by atoms with van der Waals surface area (Å²) in [6, 6.07) is 10.4. The third-order valence-corrected chi connectivity index (χ3v) is 9.73. The van der Waals surface area contributed by atoms with Crippen molar-refractivity contribution in [3.8, 4) is 0 Å². The molecule has 2 aromatic rings. The van der Waals surface area contributed by atoms with Gasteiger partial charge < -0.3 is 25.3 Å². The van der Waals surface area contributed by atoms with E-state index in [1.54, 1.807) is 36.2 Å². The average Bonchev–Trinajstić information content (AvgIpc) is 3.01. The predicted molar refractivity (Wildman–Crippen MR) is 183 cm³/mol. The lowest BCUT2D eigenvalue weighted by Crippen LogP contribution is -2.56. The smallest absolute Gasteiger partial charge is 0.254 e. The van der Waals surface area contributed by atoms with Crippen LogP contribution >= 0.6 is 46.4 Å². The molecule has 14 heteroatoms. The SMILES string of the molecule is CO/N=C(\CN(C)C(=O)c1cc(Cl)cc(Cl)c1)C(CCN1CCC(N2CCN(CCC(N)=O)CC2=O)CC1)c1ccc(Cl)c(Cl)c1. The van der Waals surface area contributed by atoms with Crippen molar-refractivity contribution in [1.82, 2.24) is 19.6 Å². The van der Waals surface area contributed by atoms with Crippen LogP contribution in [0.1, 0.15) is 47.5 Å². The number of hydrogen-bond donors (Lipinski definition) is 1. The lowest BCUT2D eigenvalue weighted by atomic mass is 9.89. The topological polar surface area (TPSA) is 112 Å². The fourth-order valence-corrected chi connectivity index (χ4v) is 6.97. The summed E-state index contributed by atoms with van der Waals surface area (Å²) in [5.74, 6) is -0.729. The zero-order valence-electron chi connectivity index (χ0n) is 26.1. The van der Waals surface area contributed by atoms with Gasteiger partial charge in [0.05, 0.1) is 28.8 Å². The molecule has 2 aromatic carbocycles. The lowest BCUT2D eigenvalue weighted by Gasteiger charge is -2.42. The van der Waals surface area contributed by atoms with E-state index >= 15 is 0 Å². The summed E-state index contributed by atoms with van der Waals surface area (Å²) in [7, 11) is 3.17. The Morgan fingerprint density at radius 2 is 1.67 bits per heavy atom. The minimum Gasteiger partial charge on any atom is -0.399 e. The molecule has 2 heterocycles. The zero-order valence-corrected chi connectivity index (χ0v) is 29.1. The van der Waals surface area contributed by atoms with Crippen LogP contribution in [-0.2, 0) is 14.4 Å². The number of nitrogens with two attached hydrogens (primary N) is 1. The molecule has 3 amide bonds. The second-order valence-corrected chi connectivity index (χ2v) is 13.4. The van der Waals surface area contributed by atoms with Crippen LogP contribution in [0, 0.1) is 0 Å². The van der Waals surface area contributed by atoms with Crippen LogP contribution in [0.2, 0.25) is 20.1 Å². The summed E-state index contributed by atoms with van der Waals surface area (Å²) in [6.07, 6.45) is 2.70. The van der Waals surface area contributed by atoms with Gasteiger partial charge in [0.1, 0.15) is 7.11 Å². The highest BCUT2D eigenvalue weighted by molar-refractivity contribution is 6.42. The molecule has 0 aliphatic carbocycles. The monoisotopic (exact) mass is 712 g/mol. The summed E-state index contributed by atoms with van der Waals surface area (Å²) in [4.78, 5) is 50.6. The van der Waals surface area contributed by atoms with E-state index in [-0.39, 0.29) is 42.6 Å². The lowest BCUT2D eigenvalue weighted by molar-refractivity contribution is -0.140. The summed E-state index contributed by atoms with van der Waals surface area (Å²) >= 11 is 25.0. The maximum Gasteiger partial charge on any atom is 0.254 e. The molecule has 1 atom stereocenters. The Balaban J connectivity index is 1.41. The van der Waals surface area contributed by atoms with Gasteiger partial charge in [0, 0.05) is 73.8 Å². The number of nitrogens with zero attached hydrogens (tertiary/aromatic N) is 5. The van der Waals surface area contributed by atoms with Crippen LogP contribution in [-0.4, -0.2) is 116 Å². The average molecular weight is 715 g/mol. The van der Waals surface area contributed by atoms with E-state index in [1.165, 1.54) is 7.11 Å². The number of halogens is 4. The molecule has 0 saturated carbocycles. The number of hydrogen-bond acceptors (Lipinski definition) is 7. The molecule has 4 rings (SSSR count). The van der Waals surface area contributed by atoms with Crippen molar-refractivity contribution < 1.29 is 19.2 Å². The molecule has 2 aliphatic heterocycles. The Labute approximate surface area is 290 Å². The maximum atomic E-state index is 13.3. The standard InChI is InChI=1S/C32H40Cl4N6O4/c1-39(32(45)22-15-23(33)18-24(34)16-22)19-29(38-46-2)26(21-3-4-27(35)28(36)17-21)7-11-40-9-5-25(6-10-40)42-14-13-41(20-31(42)44)12-8-30(37)43/h3-4,15-18,25-26H,5-14,19-20H2,1-2H3,(H2,37,43)/b38-29+. The third kappa shape index (κ3) is 9.95. The van der Waals surface area contributed by atoms with Crippen LogP contribution in [0.4, 0.5) is 0 Å². The number of amides is 3. The number of oxime groups is 1. The van der Waals surface area contributed by atoms with E-state index < -0.39 is 0 Å². The summed E-state index contributed by atoms with van der Waals surface area (Å²) in [6.45, 7) is 4.88. The third-order valence-electron chi connectivity index (χ3n) is 8.55. The zero-order chi connectivity index (χ0) is 33.4. The van der Waals surface area contributed by atoms with Crippen molar-refractivity contribution in [2.75, 3.05) is 66.5 Å². The number of benzene rings is 2. The minimum atomic E-state index is -0.354. The van der Waals surface area contributed by atoms with E-state index in [4.69, 9.17) is 57.0 Å². The second kappa shape index (κ2) is 17.0. The van der Waals surface area contributed by atoms with Gasteiger partial charge in [-0.15, -0.1) is 0 Å². The highest BCUT2D eigenvalue weighted by Gasteiger charge is 2.32. The molecule has 2 fully saturated rings. The van der Waals surface area contributed by atoms with Crippen molar-refractivity contribution in [2.45, 2.75) is 37.6 Å². The molecule has 1 unspecified atom stereocenters. The van der Waals surface area contributed by atoms with Gasteiger partial charge in [0.15, 0.2) is 0 Å². The van der Waals surface area contributed by atoms with Crippen molar-refractivity contribution in [2.24, 2.45) is 10.9 Å². The van der Waals surface area contributed by atoms with Gasteiger partial charge in [-0.2, -0.15) is 0 Å². The Hall–Kier alpha value is -2.60. The number of carbonyl (C=O) groups is 3. The van der Waals surface area contributed by atoms with Crippen LogP contribution in [0.3, 0.4) is 0 Å². The van der Waals surface area contributed by atoms with E-state index in [2.05, 4.69) is 10.1 Å². The van der Waals surface area contributed by atoms with Crippen LogP contribution < -0.4 is 5.73 Å². The fraction of sp³-hybridized carbons (Fsp3) is 0.500. The van der Waals surface area contributed by atoms with Gasteiger partial charge in [0.25, 0.3) is 5.91 Å². The normalized spacial score (nSPS) is 17.7. The van der Waals surface area contributed by atoms with Crippen LogP contribution in [0.5, 0.6) is 0 Å². The van der Waals surface area contributed by atoms with Gasteiger partial charge in [-0.3, -0.25) is 19.3 Å². The van der Waals surface area contributed by atoms with Gasteiger partial charge in [-0.1, -0.05) is 57.6 Å². The minimum absolute atomic E-state index is 0.105. The van der Waals surface area contributed by atoms with Gasteiger partial charge in [0.2, 0.25) is 11.8 Å². The molecule has 250 valence electrons. The first-order chi connectivity index (χ1) is 21.9.